The number of carbonyl (C=O) groups is 1. The van der Waals surface area contributed by atoms with Gasteiger partial charge < -0.3 is 20.1 Å². The first-order chi connectivity index (χ1) is 15.3. The molecule has 1 fully saturated rings. The van der Waals surface area contributed by atoms with E-state index < -0.39 is 8.07 Å². The van der Waals surface area contributed by atoms with Crippen molar-refractivity contribution < 1.29 is 14.3 Å². The van der Waals surface area contributed by atoms with E-state index in [-0.39, 0.29) is 17.9 Å². The van der Waals surface area contributed by atoms with Crippen LogP contribution in [0.5, 0.6) is 0 Å². The summed E-state index contributed by atoms with van der Waals surface area (Å²) in [4.78, 5) is 16.5. The van der Waals surface area contributed by atoms with Crippen molar-refractivity contribution in [2.24, 2.45) is 0 Å². The van der Waals surface area contributed by atoms with Gasteiger partial charge in [-0.15, -0.1) is 21.8 Å². The molecule has 1 aliphatic heterocycles. The zero-order valence-corrected chi connectivity index (χ0v) is 21.0. The quantitative estimate of drug-likeness (QED) is 0.272. The Bertz CT molecular complexity index is 913. The van der Waals surface area contributed by atoms with Gasteiger partial charge in [-0.05, 0) is 18.5 Å². The molecule has 0 radical (unpaired) electrons. The van der Waals surface area contributed by atoms with Crippen LogP contribution in [0.2, 0.25) is 25.7 Å². The van der Waals surface area contributed by atoms with E-state index in [9.17, 15) is 4.79 Å². The maximum Gasteiger partial charge on any atom is 0.239 e. The Morgan fingerprint density at radius 3 is 2.78 bits per heavy atom. The van der Waals surface area contributed by atoms with Crippen LogP contribution in [0.25, 0.3) is 11.4 Å². The van der Waals surface area contributed by atoms with Gasteiger partial charge in [0.15, 0.2) is 5.82 Å². The normalized spacial score (nSPS) is 16.0. The maximum absolute atomic E-state index is 12.0. The predicted molar refractivity (Wildman–Crippen MR) is 129 cm³/mol. The summed E-state index contributed by atoms with van der Waals surface area (Å²) in [5.41, 5.74) is 1.28. The van der Waals surface area contributed by atoms with Crippen molar-refractivity contribution in [3.05, 3.63) is 18.1 Å². The number of anilines is 2. The average Bonchev–Trinajstić information content (AvgIpc) is 3.13. The lowest BCUT2D eigenvalue weighted by atomic mass is 10.2. The summed E-state index contributed by atoms with van der Waals surface area (Å²) in [6.07, 6.45) is 3.63. The summed E-state index contributed by atoms with van der Waals surface area (Å²) < 4.78 is 13.4. The summed E-state index contributed by atoms with van der Waals surface area (Å²) in [6.45, 7) is 11.5. The molecule has 3 rings (SSSR count). The Morgan fingerprint density at radius 2 is 2.16 bits per heavy atom. The summed E-state index contributed by atoms with van der Waals surface area (Å²) in [6, 6.07) is 2.93. The molecule has 0 spiro atoms. The third-order valence-corrected chi connectivity index (χ3v) is 7.14. The highest BCUT2D eigenvalue weighted by molar-refractivity contribution is 6.76. The maximum atomic E-state index is 12.0. The number of hydrogen-bond acceptors (Lipinski definition) is 7. The van der Waals surface area contributed by atoms with Gasteiger partial charge in [0, 0.05) is 46.0 Å². The van der Waals surface area contributed by atoms with E-state index in [1.807, 2.05) is 17.6 Å². The number of ether oxygens (including phenoxy) is 2. The van der Waals surface area contributed by atoms with E-state index in [2.05, 4.69) is 45.5 Å². The van der Waals surface area contributed by atoms with Crippen molar-refractivity contribution in [1.82, 2.24) is 19.7 Å². The highest BCUT2D eigenvalue weighted by Crippen LogP contribution is 2.27. The molecule has 2 N–H and O–H groups in total. The van der Waals surface area contributed by atoms with E-state index in [4.69, 9.17) is 21.1 Å². The molecule has 0 aromatic carbocycles. The zero-order valence-electron chi connectivity index (χ0n) is 19.3. The fraction of sp³-hybridized carbons (Fsp3) is 0.619. The molecule has 0 saturated carbocycles. The molecule has 0 bridgehead atoms. The number of alkyl halides is 1. The van der Waals surface area contributed by atoms with E-state index in [1.54, 1.807) is 6.20 Å². The topological polar surface area (TPSA) is 103 Å². The first-order valence-electron chi connectivity index (χ1n) is 11.0. The Morgan fingerprint density at radius 1 is 1.38 bits per heavy atom. The fourth-order valence-electron chi connectivity index (χ4n) is 3.14. The molecular weight excluding hydrogens is 448 g/mol. The van der Waals surface area contributed by atoms with E-state index in [0.29, 0.717) is 37.2 Å². The Balaban J connectivity index is 1.81. The van der Waals surface area contributed by atoms with Gasteiger partial charge in [-0.25, -0.2) is 4.98 Å². The third kappa shape index (κ3) is 6.74. The molecule has 1 aliphatic rings. The second kappa shape index (κ2) is 11.2. The Hall–Kier alpha value is -2.01. The second-order valence-corrected chi connectivity index (χ2v) is 14.9. The van der Waals surface area contributed by atoms with Crippen molar-refractivity contribution >= 4 is 37.1 Å². The van der Waals surface area contributed by atoms with Crippen molar-refractivity contribution in [1.29, 1.82) is 0 Å². The van der Waals surface area contributed by atoms with Gasteiger partial charge in [0.2, 0.25) is 5.91 Å². The lowest BCUT2D eigenvalue weighted by Crippen LogP contribution is -2.33. The van der Waals surface area contributed by atoms with Gasteiger partial charge in [-0.3, -0.25) is 9.36 Å². The van der Waals surface area contributed by atoms with Gasteiger partial charge in [-0.1, -0.05) is 26.6 Å². The highest BCUT2D eigenvalue weighted by atomic mass is 35.5. The standard InChI is InChI=1S/C21H33ClN6O3Si/c1-5-18-26-27-21(28(18)14-30-8-9-32(2,3)4)15-10-17(25-19(29)11-22)20(23-12-15)24-13-16-6-7-31-16/h10,12,16H,5-9,11,13-14H2,1-4H3,(H,23,24)(H,25,29). The van der Waals surface area contributed by atoms with Crippen LogP contribution < -0.4 is 10.6 Å². The van der Waals surface area contributed by atoms with E-state index >= 15 is 0 Å². The molecule has 0 aliphatic carbocycles. The second-order valence-electron chi connectivity index (χ2n) is 9.03. The van der Waals surface area contributed by atoms with Crippen molar-refractivity contribution in [2.75, 3.05) is 36.3 Å². The molecule has 32 heavy (non-hydrogen) atoms. The van der Waals surface area contributed by atoms with Gasteiger partial charge in [-0.2, -0.15) is 0 Å². The molecule has 1 amide bonds. The molecule has 3 heterocycles. The van der Waals surface area contributed by atoms with Gasteiger partial charge in [0.05, 0.1) is 11.8 Å². The molecule has 176 valence electrons. The van der Waals surface area contributed by atoms with Crippen molar-refractivity contribution in [2.45, 2.75) is 58.3 Å². The predicted octanol–water partition coefficient (Wildman–Crippen LogP) is 3.59. The van der Waals surface area contributed by atoms with Crippen LogP contribution >= 0.6 is 11.6 Å². The first-order valence-corrected chi connectivity index (χ1v) is 15.3. The van der Waals surface area contributed by atoms with Gasteiger partial charge in [0.1, 0.15) is 24.3 Å². The molecule has 9 nitrogen and oxygen atoms in total. The molecule has 2 aromatic heterocycles. The molecule has 11 heteroatoms. The average molecular weight is 481 g/mol. The SMILES string of the molecule is CCc1nnc(-c2cnc(NCC3CCO3)c(NC(=O)CCl)c2)n1COCC[Si](C)(C)C. The molecule has 1 unspecified atom stereocenters. The number of aryl methyl sites for hydroxylation is 1. The zero-order chi connectivity index (χ0) is 23.1. The number of aromatic nitrogens is 4. The van der Waals surface area contributed by atoms with Gasteiger partial charge in [0.25, 0.3) is 0 Å². The van der Waals surface area contributed by atoms with Crippen LogP contribution in [0.3, 0.4) is 0 Å². The number of rotatable bonds is 12. The smallest absolute Gasteiger partial charge is 0.239 e. The summed E-state index contributed by atoms with van der Waals surface area (Å²) in [5, 5.41) is 14.8. The minimum absolute atomic E-state index is 0.142. The Labute approximate surface area is 195 Å². The van der Waals surface area contributed by atoms with Crippen molar-refractivity contribution in [3.8, 4) is 11.4 Å². The monoisotopic (exact) mass is 480 g/mol. The number of nitrogens with one attached hydrogen (secondary N) is 2. The van der Waals surface area contributed by atoms with Gasteiger partial charge >= 0.3 is 0 Å². The number of carbonyl (C=O) groups excluding carboxylic acids is 1. The van der Waals surface area contributed by atoms with Crippen LogP contribution in [0.4, 0.5) is 11.5 Å². The van der Waals surface area contributed by atoms with E-state index in [1.165, 1.54) is 0 Å². The minimum atomic E-state index is -1.17. The fourth-order valence-corrected chi connectivity index (χ4v) is 3.97. The third-order valence-electron chi connectivity index (χ3n) is 5.19. The van der Waals surface area contributed by atoms with Crippen LogP contribution in [-0.2, 0) is 27.4 Å². The van der Waals surface area contributed by atoms with Crippen LogP contribution in [0, 0.1) is 0 Å². The molecular formula is C21H33ClN6O3Si. The molecule has 1 saturated heterocycles. The summed E-state index contributed by atoms with van der Waals surface area (Å²) in [7, 11) is -1.17. The number of amides is 1. The molecule has 2 aromatic rings. The number of hydrogen-bond donors (Lipinski definition) is 2. The van der Waals surface area contributed by atoms with Crippen LogP contribution in [0.1, 0.15) is 19.2 Å². The van der Waals surface area contributed by atoms with Crippen LogP contribution in [-0.4, -0.2) is 65.5 Å². The number of pyridine rings is 1. The lowest BCUT2D eigenvalue weighted by molar-refractivity contribution is -0.113. The largest absolute Gasteiger partial charge is 0.376 e. The van der Waals surface area contributed by atoms with Crippen molar-refractivity contribution in [3.63, 3.8) is 0 Å². The Kier molecular flexibility index (Phi) is 8.63. The van der Waals surface area contributed by atoms with Crippen LogP contribution in [0.15, 0.2) is 12.3 Å². The number of nitrogens with zero attached hydrogens (tertiary/aromatic N) is 4. The summed E-state index contributed by atoms with van der Waals surface area (Å²) in [5.74, 6) is 1.60. The summed E-state index contributed by atoms with van der Waals surface area (Å²) >= 11 is 5.71. The highest BCUT2D eigenvalue weighted by Gasteiger charge is 2.20. The molecule has 1 atom stereocenters. The van der Waals surface area contributed by atoms with E-state index in [0.717, 1.165) is 36.9 Å². The first kappa shape index (κ1) is 24.6. The minimum Gasteiger partial charge on any atom is -0.376 e. The lowest BCUT2D eigenvalue weighted by Gasteiger charge is -2.27. The number of halogens is 1.